The third-order valence-corrected chi connectivity index (χ3v) is 19.6. The standard InChI is InChI=1S/C50H80O24/c1-18-7-8-50(66-16-18)19(2)32-27(74-50)10-23-21-6-5-20-9-26(24(54)12-48(20,3)22(21)11-31(56)49(23,32)4)67-45-40(64)37(61)41(30(15-53)70-45)71-47-43(73-46-39(63)36(60)34(58)28(13-51)68-46)42(35(59)29(14-52)69-47)72-44-38(62)33(57)25(55)17-65-44/h5,18-19,21-47,51-64H,6-17H2,1-4H3. The van der Waals surface area contributed by atoms with Gasteiger partial charge in [0.05, 0.1) is 57.5 Å². The number of allylic oxidation sites excluding steroid dienone is 1. The predicted octanol–water partition coefficient (Wildman–Crippen LogP) is -4.41. The molecule has 24 nitrogen and oxygen atoms in total. The van der Waals surface area contributed by atoms with Gasteiger partial charge in [-0.15, -0.1) is 0 Å². The largest absolute Gasteiger partial charge is 0.394 e. The first kappa shape index (κ1) is 56.1. The summed E-state index contributed by atoms with van der Waals surface area (Å²) < 4.78 is 60.8. The predicted molar refractivity (Wildman–Crippen MR) is 245 cm³/mol. The molecule has 0 bridgehead atoms. The van der Waals surface area contributed by atoms with E-state index in [1.54, 1.807) is 0 Å². The SMILES string of the molecule is CC1CCC2(OC1)OC1CC3C4CC=C5CC(OC6OC(CO)C(OC7OC(CO)C(O)C(OC8OCC(O)C(O)C8O)C7OC7OC(CO)C(O)C(O)C7O)C(O)C6O)C(O)CC5(C)C4CC(O)C3(C)C1C2C. The molecule has 9 fully saturated rings. The smallest absolute Gasteiger partial charge is 0.187 e. The van der Waals surface area contributed by atoms with Gasteiger partial charge in [0.15, 0.2) is 30.9 Å². The molecule has 74 heavy (non-hydrogen) atoms. The Hall–Kier alpha value is -1.22. The van der Waals surface area contributed by atoms with Crippen LogP contribution in [0.1, 0.15) is 72.6 Å². The van der Waals surface area contributed by atoms with E-state index in [2.05, 4.69) is 33.8 Å². The summed E-state index contributed by atoms with van der Waals surface area (Å²) >= 11 is 0. The highest BCUT2D eigenvalue weighted by atomic mass is 16.8. The quantitative estimate of drug-likeness (QED) is 0.0869. The second-order valence-electron chi connectivity index (χ2n) is 23.7. The summed E-state index contributed by atoms with van der Waals surface area (Å²) in [4.78, 5) is 0. The Bertz CT molecular complexity index is 1960. The van der Waals surface area contributed by atoms with E-state index in [4.69, 9.17) is 47.4 Å². The van der Waals surface area contributed by atoms with Gasteiger partial charge in [0.2, 0.25) is 0 Å². The molecule has 32 unspecified atom stereocenters. The highest BCUT2D eigenvalue weighted by molar-refractivity contribution is 5.28. The van der Waals surface area contributed by atoms with Crippen LogP contribution in [0.5, 0.6) is 0 Å². The minimum absolute atomic E-state index is 0.0266. The van der Waals surface area contributed by atoms with E-state index in [9.17, 15) is 71.5 Å². The Labute approximate surface area is 428 Å². The van der Waals surface area contributed by atoms with E-state index in [-0.39, 0.29) is 54.0 Å². The monoisotopic (exact) mass is 1060 g/mol. The maximum absolute atomic E-state index is 12.3. The van der Waals surface area contributed by atoms with E-state index in [1.165, 1.54) is 0 Å². The summed E-state index contributed by atoms with van der Waals surface area (Å²) in [5, 5.41) is 153. The second kappa shape index (κ2) is 21.4. The Balaban J connectivity index is 0.844. The fourth-order valence-electron chi connectivity index (χ4n) is 15.3. The second-order valence-corrected chi connectivity index (χ2v) is 23.7. The summed E-state index contributed by atoms with van der Waals surface area (Å²) in [7, 11) is 0. The molecule has 10 rings (SSSR count). The maximum Gasteiger partial charge on any atom is 0.187 e. The van der Waals surface area contributed by atoms with Crippen LogP contribution < -0.4 is 0 Å². The van der Waals surface area contributed by atoms with Crippen LogP contribution in [0.15, 0.2) is 11.6 Å². The van der Waals surface area contributed by atoms with Gasteiger partial charge in [0, 0.05) is 23.7 Å². The van der Waals surface area contributed by atoms with Crippen LogP contribution in [0.2, 0.25) is 0 Å². The molecule has 0 amide bonds. The molecule has 32 atom stereocenters. The zero-order valence-corrected chi connectivity index (χ0v) is 42.1. The molecule has 14 N–H and O–H groups in total. The number of hydrogen-bond acceptors (Lipinski definition) is 24. The topological polar surface area (TPSA) is 376 Å². The lowest BCUT2D eigenvalue weighted by atomic mass is 9.46. The summed E-state index contributed by atoms with van der Waals surface area (Å²) in [5.74, 6) is 0.561. The van der Waals surface area contributed by atoms with Gasteiger partial charge in [-0.1, -0.05) is 39.3 Å². The number of fused-ring (bicyclic) bond motifs is 7. The molecule has 6 aliphatic heterocycles. The van der Waals surface area contributed by atoms with Crippen LogP contribution in [0.25, 0.3) is 0 Å². The van der Waals surface area contributed by atoms with Crippen molar-refractivity contribution in [1.29, 1.82) is 0 Å². The van der Waals surface area contributed by atoms with Gasteiger partial charge in [-0.3, -0.25) is 0 Å². The lowest BCUT2D eigenvalue weighted by Gasteiger charge is -2.60. The fraction of sp³-hybridized carbons (Fsp3) is 0.960. The number of hydrogen-bond donors (Lipinski definition) is 14. The van der Waals surface area contributed by atoms with Crippen molar-refractivity contribution in [2.75, 3.05) is 33.0 Å². The van der Waals surface area contributed by atoms with Crippen LogP contribution >= 0.6 is 0 Å². The third kappa shape index (κ3) is 9.27. The fourth-order valence-corrected chi connectivity index (χ4v) is 15.3. The van der Waals surface area contributed by atoms with Gasteiger partial charge >= 0.3 is 0 Å². The summed E-state index contributed by atoms with van der Waals surface area (Å²) in [6.07, 6.45) is -30.1. The Morgan fingerprint density at radius 3 is 1.92 bits per heavy atom. The van der Waals surface area contributed by atoms with Crippen LogP contribution in [-0.2, 0) is 47.4 Å². The van der Waals surface area contributed by atoms with Gasteiger partial charge in [0.25, 0.3) is 0 Å². The number of rotatable bonds is 11. The molecule has 0 radical (unpaired) electrons. The Kier molecular flexibility index (Phi) is 16.2. The molecule has 6 heterocycles. The zero-order chi connectivity index (χ0) is 53.1. The Morgan fingerprint density at radius 1 is 0.608 bits per heavy atom. The van der Waals surface area contributed by atoms with Crippen molar-refractivity contribution < 1.29 is 119 Å². The van der Waals surface area contributed by atoms with E-state index >= 15 is 0 Å². The zero-order valence-electron chi connectivity index (χ0n) is 42.1. The van der Waals surface area contributed by atoms with E-state index in [0.717, 1.165) is 31.3 Å². The highest BCUT2D eigenvalue weighted by Crippen LogP contribution is 2.71. The van der Waals surface area contributed by atoms with Crippen LogP contribution in [0, 0.1) is 46.3 Å². The van der Waals surface area contributed by atoms with Crippen LogP contribution in [-0.4, -0.2) is 251 Å². The highest BCUT2D eigenvalue weighted by Gasteiger charge is 2.71. The lowest BCUT2D eigenvalue weighted by Crippen LogP contribution is -2.68. The average molecular weight is 1070 g/mol. The van der Waals surface area contributed by atoms with Gasteiger partial charge in [-0.2, -0.15) is 0 Å². The van der Waals surface area contributed by atoms with Crippen molar-refractivity contribution in [3.05, 3.63) is 11.6 Å². The number of ether oxygens (including phenoxy) is 10. The molecular weight excluding hydrogens is 985 g/mol. The van der Waals surface area contributed by atoms with Gasteiger partial charge < -0.3 is 119 Å². The van der Waals surface area contributed by atoms with E-state index < -0.39 is 173 Å². The molecule has 3 saturated carbocycles. The van der Waals surface area contributed by atoms with Gasteiger partial charge in [0.1, 0.15) is 91.6 Å². The van der Waals surface area contributed by atoms with Crippen LogP contribution in [0.3, 0.4) is 0 Å². The van der Waals surface area contributed by atoms with Crippen molar-refractivity contribution in [1.82, 2.24) is 0 Å². The minimum Gasteiger partial charge on any atom is -0.394 e. The maximum atomic E-state index is 12.3. The molecule has 10 aliphatic rings. The summed E-state index contributed by atoms with van der Waals surface area (Å²) in [5.41, 5.74) is 0.148. The van der Waals surface area contributed by atoms with Crippen molar-refractivity contribution in [2.45, 2.75) is 220 Å². The third-order valence-electron chi connectivity index (χ3n) is 19.6. The minimum atomic E-state index is -2.03. The van der Waals surface area contributed by atoms with E-state index in [0.29, 0.717) is 18.9 Å². The summed E-state index contributed by atoms with van der Waals surface area (Å²) in [6.45, 7) is 6.28. The molecule has 6 saturated heterocycles. The van der Waals surface area contributed by atoms with Crippen LogP contribution in [0.4, 0.5) is 0 Å². The normalized spacial score (nSPS) is 57.5. The molecule has 24 heteroatoms. The molecule has 4 aliphatic carbocycles. The van der Waals surface area contributed by atoms with Crippen molar-refractivity contribution in [2.24, 2.45) is 46.3 Å². The van der Waals surface area contributed by atoms with Crippen molar-refractivity contribution in [3.63, 3.8) is 0 Å². The molecule has 0 aromatic rings. The Morgan fingerprint density at radius 2 is 1.23 bits per heavy atom. The number of aliphatic hydroxyl groups is 14. The summed E-state index contributed by atoms with van der Waals surface area (Å²) in [6, 6.07) is 0. The first-order valence-electron chi connectivity index (χ1n) is 26.6. The molecule has 424 valence electrons. The molecule has 0 aromatic heterocycles. The first-order valence-corrected chi connectivity index (χ1v) is 26.6. The van der Waals surface area contributed by atoms with Crippen molar-refractivity contribution in [3.8, 4) is 0 Å². The molecular formula is C50H80O24. The first-order chi connectivity index (χ1) is 35.1. The molecule has 0 aromatic carbocycles. The van der Waals surface area contributed by atoms with Gasteiger partial charge in [-0.25, -0.2) is 0 Å². The van der Waals surface area contributed by atoms with Crippen molar-refractivity contribution >= 4 is 0 Å². The van der Waals surface area contributed by atoms with E-state index in [1.807, 2.05) is 0 Å². The lowest BCUT2D eigenvalue weighted by molar-refractivity contribution is -0.404. The average Bonchev–Trinajstić information content (AvgIpc) is 3.83. The molecule has 1 spiro atoms. The van der Waals surface area contributed by atoms with Gasteiger partial charge in [-0.05, 0) is 67.6 Å². The number of aliphatic hydroxyl groups excluding tert-OH is 14.